The van der Waals surface area contributed by atoms with Gasteiger partial charge >= 0.3 is 0 Å². The molecule has 0 amide bonds. The van der Waals surface area contributed by atoms with E-state index in [0.29, 0.717) is 6.42 Å². The van der Waals surface area contributed by atoms with E-state index in [9.17, 15) is 4.79 Å². The Morgan fingerprint density at radius 2 is 1.52 bits per heavy atom. The van der Waals surface area contributed by atoms with Crippen molar-refractivity contribution >= 4 is 5.78 Å². The number of hydrogen-bond donors (Lipinski definition) is 0. The quantitative estimate of drug-likeness (QED) is 0.779. The fourth-order valence-electron chi connectivity index (χ4n) is 2.41. The molecule has 2 aromatic rings. The van der Waals surface area contributed by atoms with E-state index in [4.69, 9.17) is 0 Å². The highest BCUT2D eigenvalue weighted by molar-refractivity contribution is 5.97. The molecule has 2 nitrogen and oxygen atoms in total. The van der Waals surface area contributed by atoms with Crippen LogP contribution in [-0.4, -0.2) is 10.8 Å². The van der Waals surface area contributed by atoms with E-state index in [1.807, 2.05) is 26.0 Å². The van der Waals surface area contributed by atoms with Crippen LogP contribution in [0, 0.1) is 13.8 Å². The van der Waals surface area contributed by atoms with Crippen molar-refractivity contribution in [3.8, 4) is 0 Å². The first-order valence-electron chi connectivity index (χ1n) is 7.33. The van der Waals surface area contributed by atoms with E-state index in [-0.39, 0.29) is 11.2 Å². The minimum Gasteiger partial charge on any atom is -0.294 e. The lowest BCUT2D eigenvalue weighted by atomic mass is 9.86. The fourth-order valence-corrected chi connectivity index (χ4v) is 2.41. The Morgan fingerprint density at radius 1 is 1.00 bits per heavy atom. The summed E-state index contributed by atoms with van der Waals surface area (Å²) in [7, 11) is 0. The Labute approximate surface area is 127 Å². The summed E-state index contributed by atoms with van der Waals surface area (Å²) < 4.78 is 0. The first-order chi connectivity index (χ1) is 9.75. The first kappa shape index (κ1) is 15.4. The zero-order valence-electron chi connectivity index (χ0n) is 13.5. The van der Waals surface area contributed by atoms with Crippen molar-refractivity contribution in [1.82, 2.24) is 4.98 Å². The molecule has 21 heavy (non-hydrogen) atoms. The summed E-state index contributed by atoms with van der Waals surface area (Å²) in [5, 5.41) is 0. The molecule has 0 aliphatic rings. The molecule has 1 aromatic heterocycles. The lowest BCUT2D eigenvalue weighted by Crippen LogP contribution is -2.11. The van der Waals surface area contributed by atoms with Gasteiger partial charge in [0.25, 0.3) is 0 Å². The molecule has 0 unspecified atom stereocenters. The zero-order valence-corrected chi connectivity index (χ0v) is 13.5. The van der Waals surface area contributed by atoms with Gasteiger partial charge in [0.1, 0.15) is 0 Å². The lowest BCUT2D eigenvalue weighted by molar-refractivity contribution is 0.0992. The highest BCUT2D eigenvalue weighted by Crippen LogP contribution is 2.22. The fraction of sp³-hybridized carbons (Fsp3) is 0.368. The van der Waals surface area contributed by atoms with Gasteiger partial charge in [-0.05, 0) is 42.5 Å². The van der Waals surface area contributed by atoms with E-state index in [0.717, 1.165) is 22.5 Å². The number of Topliss-reactive ketones (excluding diaryl/α,β-unsaturated/α-hetero) is 1. The van der Waals surface area contributed by atoms with Gasteiger partial charge in [0, 0.05) is 23.4 Å². The van der Waals surface area contributed by atoms with Gasteiger partial charge in [0.15, 0.2) is 5.78 Å². The second-order valence-corrected chi connectivity index (χ2v) is 6.69. The van der Waals surface area contributed by atoms with Crippen LogP contribution < -0.4 is 0 Å². The topological polar surface area (TPSA) is 30.0 Å². The van der Waals surface area contributed by atoms with Crippen LogP contribution in [0.3, 0.4) is 0 Å². The van der Waals surface area contributed by atoms with Crippen molar-refractivity contribution < 1.29 is 4.79 Å². The van der Waals surface area contributed by atoms with Gasteiger partial charge in [-0.15, -0.1) is 0 Å². The Balaban J connectivity index is 2.16. The predicted octanol–water partition coefficient (Wildman–Crippen LogP) is 4.42. The molecule has 2 heteroatoms. The molecule has 0 saturated heterocycles. The summed E-state index contributed by atoms with van der Waals surface area (Å²) in [6, 6.07) is 12.1. The molecule has 0 atom stereocenters. The smallest absolute Gasteiger partial charge is 0.167 e. The number of nitrogens with zero attached hydrogens (tertiary/aromatic N) is 1. The van der Waals surface area contributed by atoms with Gasteiger partial charge in [-0.2, -0.15) is 0 Å². The van der Waals surface area contributed by atoms with Crippen molar-refractivity contribution in [1.29, 1.82) is 0 Å². The van der Waals surface area contributed by atoms with Crippen LogP contribution in [-0.2, 0) is 11.8 Å². The largest absolute Gasteiger partial charge is 0.294 e. The summed E-state index contributed by atoms with van der Waals surface area (Å²) in [6.45, 7) is 10.4. The number of ketones is 1. The van der Waals surface area contributed by atoms with Crippen LogP contribution in [0.1, 0.15) is 53.6 Å². The number of aryl methyl sites for hydroxylation is 2. The molecule has 0 aliphatic heterocycles. The van der Waals surface area contributed by atoms with Gasteiger partial charge in [-0.25, -0.2) is 0 Å². The van der Waals surface area contributed by atoms with Crippen LogP contribution in [0.4, 0.5) is 0 Å². The van der Waals surface area contributed by atoms with Gasteiger partial charge in [-0.3, -0.25) is 9.78 Å². The van der Waals surface area contributed by atoms with E-state index >= 15 is 0 Å². The van der Waals surface area contributed by atoms with Crippen LogP contribution in [0.15, 0.2) is 36.4 Å². The summed E-state index contributed by atoms with van der Waals surface area (Å²) in [5.74, 6) is 0.145. The van der Waals surface area contributed by atoms with Crippen LogP contribution >= 0.6 is 0 Å². The Bertz CT molecular complexity index is 628. The summed E-state index contributed by atoms with van der Waals surface area (Å²) in [4.78, 5) is 16.7. The second-order valence-electron chi connectivity index (χ2n) is 6.69. The molecule has 0 spiro atoms. The number of aromatic nitrogens is 1. The van der Waals surface area contributed by atoms with Crippen molar-refractivity contribution in [3.63, 3.8) is 0 Å². The molecule has 0 radical (unpaired) electrons. The summed E-state index contributed by atoms with van der Waals surface area (Å²) in [6.07, 6.45) is 0.438. The summed E-state index contributed by atoms with van der Waals surface area (Å²) in [5.41, 5.74) is 5.01. The highest BCUT2D eigenvalue weighted by Gasteiger charge is 2.14. The molecule has 2 rings (SSSR count). The minimum atomic E-state index is 0.141. The maximum Gasteiger partial charge on any atom is 0.167 e. The molecule has 110 valence electrons. The number of carbonyl (C=O) groups is 1. The standard InChI is InChI=1S/C19H23NO/c1-13-10-16(11-14(2)20-13)18(21)12-15-6-8-17(9-7-15)19(3,4)5/h6-11H,12H2,1-5H3. The second kappa shape index (κ2) is 5.80. The van der Waals surface area contributed by atoms with Crippen molar-refractivity contribution in [2.75, 3.05) is 0 Å². The van der Waals surface area contributed by atoms with Crippen LogP contribution in [0.25, 0.3) is 0 Å². The monoisotopic (exact) mass is 281 g/mol. The maximum absolute atomic E-state index is 12.4. The molecule has 0 aliphatic carbocycles. The Morgan fingerprint density at radius 3 is 2.00 bits per heavy atom. The first-order valence-corrected chi connectivity index (χ1v) is 7.33. The molecule has 1 heterocycles. The third kappa shape index (κ3) is 4.01. The zero-order chi connectivity index (χ0) is 15.6. The predicted molar refractivity (Wildman–Crippen MR) is 86.9 cm³/mol. The highest BCUT2D eigenvalue weighted by atomic mass is 16.1. The Hall–Kier alpha value is -1.96. The number of carbonyl (C=O) groups excluding carboxylic acids is 1. The third-order valence-corrected chi connectivity index (χ3v) is 3.59. The van der Waals surface area contributed by atoms with Crippen LogP contribution in [0.2, 0.25) is 0 Å². The average molecular weight is 281 g/mol. The van der Waals surface area contributed by atoms with Gasteiger partial charge in [0.2, 0.25) is 0 Å². The summed E-state index contributed by atoms with van der Waals surface area (Å²) >= 11 is 0. The minimum absolute atomic E-state index is 0.141. The average Bonchev–Trinajstić information content (AvgIpc) is 2.37. The third-order valence-electron chi connectivity index (χ3n) is 3.59. The molecule has 1 aromatic carbocycles. The number of benzene rings is 1. The molecule has 0 fully saturated rings. The normalized spacial score (nSPS) is 11.5. The van der Waals surface area contributed by atoms with Crippen molar-refractivity contribution in [2.45, 2.75) is 46.5 Å². The van der Waals surface area contributed by atoms with Gasteiger partial charge in [-0.1, -0.05) is 45.0 Å². The van der Waals surface area contributed by atoms with Crippen LogP contribution in [0.5, 0.6) is 0 Å². The van der Waals surface area contributed by atoms with Crippen molar-refractivity contribution in [3.05, 3.63) is 64.5 Å². The molecular weight excluding hydrogens is 258 g/mol. The Kier molecular flexibility index (Phi) is 4.26. The van der Waals surface area contributed by atoms with Gasteiger partial charge < -0.3 is 0 Å². The van der Waals surface area contributed by atoms with E-state index in [1.165, 1.54) is 5.56 Å². The molecule has 0 bridgehead atoms. The van der Waals surface area contributed by atoms with E-state index < -0.39 is 0 Å². The van der Waals surface area contributed by atoms with Gasteiger partial charge in [0.05, 0.1) is 0 Å². The lowest BCUT2D eigenvalue weighted by Gasteiger charge is -2.19. The SMILES string of the molecule is Cc1cc(C(=O)Cc2ccc(C(C)(C)C)cc2)cc(C)n1. The number of pyridine rings is 1. The molecule has 0 saturated carbocycles. The maximum atomic E-state index is 12.4. The molecule has 0 N–H and O–H groups in total. The molecular formula is C19H23NO. The van der Waals surface area contributed by atoms with E-state index in [1.54, 1.807) is 0 Å². The van der Waals surface area contributed by atoms with E-state index in [2.05, 4.69) is 50.0 Å². The number of rotatable bonds is 3. The number of hydrogen-bond acceptors (Lipinski definition) is 2. The van der Waals surface area contributed by atoms with Crippen molar-refractivity contribution in [2.24, 2.45) is 0 Å².